The van der Waals surface area contributed by atoms with Crippen LogP contribution in [0.1, 0.15) is 31.2 Å². The SMILES string of the molecule is Fc1ccc(CCCC2CCNCC2)cc1. The number of piperidine rings is 1. The molecule has 0 saturated carbocycles. The molecule has 1 nitrogen and oxygen atoms in total. The first-order chi connectivity index (χ1) is 7.84. The smallest absolute Gasteiger partial charge is 0.123 e. The van der Waals surface area contributed by atoms with E-state index in [0.29, 0.717) is 0 Å². The van der Waals surface area contributed by atoms with Crippen LogP contribution in [0.15, 0.2) is 24.3 Å². The molecule has 1 N–H and O–H groups in total. The van der Waals surface area contributed by atoms with E-state index in [-0.39, 0.29) is 5.82 Å². The summed E-state index contributed by atoms with van der Waals surface area (Å²) in [5.41, 5.74) is 1.26. The lowest BCUT2D eigenvalue weighted by atomic mass is 9.92. The van der Waals surface area contributed by atoms with E-state index in [1.54, 1.807) is 12.1 Å². The van der Waals surface area contributed by atoms with Crippen LogP contribution in [-0.2, 0) is 6.42 Å². The predicted molar refractivity (Wildman–Crippen MR) is 64.9 cm³/mol. The standard InChI is InChI=1S/C14H20FN/c15-14-6-4-12(5-7-14)2-1-3-13-8-10-16-11-9-13/h4-7,13,16H,1-3,8-11H2. The maximum atomic E-state index is 12.7. The average Bonchev–Trinajstić information content (AvgIpc) is 2.33. The molecule has 2 heteroatoms. The van der Waals surface area contributed by atoms with Crippen molar-refractivity contribution in [2.24, 2.45) is 5.92 Å². The number of hydrogen-bond acceptors (Lipinski definition) is 1. The molecule has 2 rings (SSSR count). The van der Waals surface area contributed by atoms with Gasteiger partial charge in [0.1, 0.15) is 5.82 Å². The molecule has 0 unspecified atom stereocenters. The van der Waals surface area contributed by atoms with Crippen LogP contribution in [-0.4, -0.2) is 13.1 Å². The van der Waals surface area contributed by atoms with E-state index in [1.165, 1.54) is 44.3 Å². The van der Waals surface area contributed by atoms with Gasteiger partial charge in [-0.25, -0.2) is 4.39 Å². The molecule has 0 radical (unpaired) electrons. The van der Waals surface area contributed by atoms with Crippen LogP contribution in [0, 0.1) is 11.7 Å². The molecule has 0 aliphatic carbocycles. The number of halogens is 1. The summed E-state index contributed by atoms with van der Waals surface area (Å²) >= 11 is 0. The van der Waals surface area contributed by atoms with E-state index < -0.39 is 0 Å². The summed E-state index contributed by atoms with van der Waals surface area (Å²) in [5.74, 6) is 0.767. The minimum Gasteiger partial charge on any atom is -0.317 e. The van der Waals surface area contributed by atoms with Gasteiger partial charge in [-0.05, 0) is 62.4 Å². The Morgan fingerprint density at radius 1 is 1.12 bits per heavy atom. The van der Waals surface area contributed by atoms with Crippen molar-refractivity contribution in [2.75, 3.05) is 13.1 Å². The minimum atomic E-state index is -0.137. The molecule has 1 aliphatic heterocycles. The molecule has 1 saturated heterocycles. The zero-order chi connectivity index (χ0) is 11.2. The Hall–Kier alpha value is -0.890. The fourth-order valence-corrected chi connectivity index (χ4v) is 2.42. The Balaban J connectivity index is 1.69. The average molecular weight is 221 g/mol. The first-order valence-corrected chi connectivity index (χ1v) is 6.30. The number of rotatable bonds is 4. The van der Waals surface area contributed by atoms with Gasteiger partial charge in [-0.15, -0.1) is 0 Å². The molecule has 0 bridgehead atoms. The van der Waals surface area contributed by atoms with Crippen molar-refractivity contribution in [3.63, 3.8) is 0 Å². The van der Waals surface area contributed by atoms with Crippen molar-refractivity contribution in [2.45, 2.75) is 32.1 Å². The largest absolute Gasteiger partial charge is 0.317 e. The second-order valence-electron chi connectivity index (χ2n) is 4.71. The van der Waals surface area contributed by atoms with Crippen molar-refractivity contribution >= 4 is 0 Å². The van der Waals surface area contributed by atoms with E-state index in [4.69, 9.17) is 0 Å². The van der Waals surface area contributed by atoms with Gasteiger partial charge in [0.25, 0.3) is 0 Å². The quantitative estimate of drug-likeness (QED) is 0.823. The molecule has 16 heavy (non-hydrogen) atoms. The molecule has 0 atom stereocenters. The first kappa shape index (κ1) is 11.6. The Morgan fingerprint density at radius 2 is 1.81 bits per heavy atom. The highest BCUT2D eigenvalue weighted by Crippen LogP contribution is 2.19. The summed E-state index contributed by atoms with van der Waals surface area (Å²) in [5, 5.41) is 3.39. The van der Waals surface area contributed by atoms with Gasteiger partial charge in [0.05, 0.1) is 0 Å². The fraction of sp³-hybridized carbons (Fsp3) is 0.571. The number of aryl methyl sites for hydroxylation is 1. The topological polar surface area (TPSA) is 12.0 Å². The normalized spacial score (nSPS) is 17.6. The molecule has 0 amide bonds. The van der Waals surface area contributed by atoms with Gasteiger partial charge in [0.2, 0.25) is 0 Å². The molecule has 1 aliphatic rings. The van der Waals surface area contributed by atoms with Gasteiger partial charge >= 0.3 is 0 Å². The monoisotopic (exact) mass is 221 g/mol. The maximum absolute atomic E-state index is 12.7. The highest BCUT2D eigenvalue weighted by atomic mass is 19.1. The van der Waals surface area contributed by atoms with E-state index in [2.05, 4.69) is 5.32 Å². The summed E-state index contributed by atoms with van der Waals surface area (Å²) < 4.78 is 12.7. The number of nitrogens with one attached hydrogen (secondary N) is 1. The van der Waals surface area contributed by atoms with Gasteiger partial charge in [0, 0.05) is 0 Å². The van der Waals surface area contributed by atoms with Crippen molar-refractivity contribution in [3.8, 4) is 0 Å². The zero-order valence-electron chi connectivity index (χ0n) is 9.71. The van der Waals surface area contributed by atoms with Gasteiger partial charge in [-0.1, -0.05) is 18.6 Å². The summed E-state index contributed by atoms with van der Waals surface area (Å²) in [6, 6.07) is 6.91. The molecule has 1 fully saturated rings. The molecular formula is C14H20FN. The molecule has 0 spiro atoms. The third kappa shape index (κ3) is 3.60. The maximum Gasteiger partial charge on any atom is 0.123 e. The molecule has 1 heterocycles. The van der Waals surface area contributed by atoms with E-state index in [1.807, 2.05) is 12.1 Å². The predicted octanol–water partition coefficient (Wildman–Crippen LogP) is 3.15. The van der Waals surface area contributed by atoms with Crippen LogP contribution in [0.3, 0.4) is 0 Å². The summed E-state index contributed by atoms with van der Waals surface area (Å²) in [6.07, 6.45) is 6.28. The minimum absolute atomic E-state index is 0.137. The third-order valence-corrected chi connectivity index (χ3v) is 3.45. The van der Waals surface area contributed by atoms with Crippen LogP contribution < -0.4 is 5.32 Å². The Bertz CT molecular complexity index is 301. The molecular weight excluding hydrogens is 201 g/mol. The molecule has 1 aromatic rings. The van der Waals surface area contributed by atoms with Gasteiger partial charge in [0.15, 0.2) is 0 Å². The van der Waals surface area contributed by atoms with E-state index >= 15 is 0 Å². The van der Waals surface area contributed by atoms with Gasteiger partial charge in [-0.3, -0.25) is 0 Å². The molecule has 88 valence electrons. The van der Waals surface area contributed by atoms with Crippen LogP contribution in [0.5, 0.6) is 0 Å². The van der Waals surface area contributed by atoms with Crippen molar-refractivity contribution in [1.82, 2.24) is 5.32 Å². The fourth-order valence-electron chi connectivity index (χ4n) is 2.42. The highest BCUT2D eigenvalue weighted by molar-refractivity contribution is 5.15. The Labute approximate surface area is 97.1 Å². The third-order valence-electron chi connectivity index (χ3n) is 3.45. The van der Waals surface area contributed by atoms with Crippen molar-refractivity contribution < 1.29 is 4.39 Å². The lowest BCUT2D eigenvalue weighted by Crippen LogP contribution is -2.27. The van der Waals surface area contributed by atoms with Crippen LogP contribution in [0.2, 0.25) is 0 Å². The second kappa shape index (κ2) is 6.00. The Kier molecular flexibility index (Phi) is 4.34. The van der Waals surface area contributed by atoms with Crippen molar-refractivity contribution in [3.05, 3.63) is 35.6 Å². The van der Waals surface area contributed by atoms with Crippen LogP contribution >= 0.6 is 0 Å². The number of benzene rings is 1. The van der Waals surface area contributed by atoms with Gasteiger partial charge < -0.3 is 5.32 Å². The lowest BCUT2D eigenvalue weighted by Gasteiger charge is -2.22. The van der Waals surface area contributed by atoms with E-state index in [0.717, 1.165) is 12.3 Å². The number of hydrogen-bond donors (Lipinski definition) is 1. The molecule has 1 aromatic carbocycles. The van der Waals surface area contributed by atoms with Gasteiger partial charge in [-0.2, -0.15) is 0 Å². The Morgan fingerprint density at radius 3 is 2.50 bits per heavy atom. The summed E-state index contributed by atoms with van der Waals surface area (Å²) in [7, 11) is 0. The van der Waals surface area contributed by atoms with Crippen LogP contribution in [0.4, 0.5) is 4.39 Å². The van der Waals surface area contributed by atoms with Crippen molar-refractivity contribution in [1.29, 1.82) is 0 Å². The zero-order valence-corrected chi connectivity index (χ0v) is 9.71. The summed E-state index contributed by atoms with van der Waals surface area (Å²) in [4.78, 5) is 0. The summed E-state index contributed by atoms with van der Waals surface area (Å²) in [6.45, 7) is 2.36. The molecule has 0 aromatic heterocycles. The first-order valence-electron chi connectivity index (χ1n) is 6.30. The highest BCUT2D eigenvalue weighted by Gasteiger charge is 2.11. The lowest BCUT2D eigenvalue weighted by molar-refractivity contribution is 0.347. The second-order valence-corrected chi connectivity index (χ2v) is 4.71. The van der Waals surface area contributed by atoms with E-state index in [9.17, 15) is 4.39 Å². The van der Waals surface area contributed by atoms with Crippen LogP contribution in [0.25, 0.3) is 0 Å².